The lowest BCUT2D eigenvalue weighted by atomic mass is 10.1. The van der Waals surface area contributed by atoms with Crippen molar-refractivity contribution in [2.45, 2.75) is 0 Å². The van der Waals surface area contributed by atoms with Crippen molar-refractivity contribution >= 4 is 45.0 Å². The van der Waals surface area contributed by atoms with Crippen molar-refractivity contribution in [2.24, 2.45) is 0 Å². The number of aromatic amines is 1. The molecule has 0 radical (unpaired) electrons. The second-order valence-corrected chi connectivity index (χ2v) is 6.53. The van der Waals surface area contributed by atoms with E-state index >= 15 is 0 Å². The highest BCUT2D eigenvalue weighted by atomic mass is 32.1. The van der Waals surface area contributed by atoms with Gasteiger partial charge in [-0.2, -0.15) is 0 Å². The zero-order valence-electron chi connectivity index (χ0n) is 14.2. The topological polar surface area (TPSA) is 91.5 Å². The zero-order chi connectivity index (χ0) is 18.7. The minimum absolute atomic E-state index is 0.142. The number of thiophene rings is 1. The number of benzene rings is 1. The Morgan fingerprint density at radius 1 is 1.19 bits per heavy atom. The molecule has 0 aliphatic carbocycles. The summed E-state index contributed by atoms with van der Waals surface area (Å²) in [4.78, 5) is 40.9. The molecule has 0 atom stereocenters. The van der Waals surface area contributed by atoms with Crippen LogP contribution in [0.25, 0.3) is 10.9 Å². The van der Waals surface area contributed by atoms with Crippen molar-refractivity contribution < 1.29 is 19.1 Å². The number of rotatable bonds is 5. The third-order valence-electron chi connectivity index (χ3n) is 3.87. The summed E-state index contributed by atoms with van der Waals surface area (Å²) in [6, 6.07) is 9.03. The first-order valence-electron chi connectivity index (χ1n) is 7.78. The predicted molar refractivity (Wildman–Crippen MR) is 99.5 cm³/mol. The summed E-state index contributed by atoms with van der Waals surface area (Å²) in [5, 5.41) is 5.53. The molecule has 0 unspecified atom stereocenters. The quantitative estimate of drug-likeness (QED) is 0.675. The van der Waals surface area contributed by atoms with Crippen LogP contribution in [-0.4, -0.2) is 48.4 Å². The van der Waals surface area contributed by atoms with Gasteiger partial charge in [0.1, 0.15) is 5.00 Å². The van der Waals surface area contributed by atoms with E-state index in [2.05, 4.69) is 15.0 Å². The fourth-order valence-electron chi connectivity index (χ4n) is 2.58. The Labute approximate surface area is 153 Å². The Kier molecular flexibility index (Phi) is 5.04. The van der Waals surface area contributed by atoms with Crippen molar-refractivity contribution in [1.29, 1.82) is 0 Å². The van der Waals surface area contributed by atoms with Crippen LogP contribution in [0.3, 0.4) is 0 Å². The molecule has 7 nitrogen and oxygen atoms in total. The van der Waals surface area contributed by atoms with Gasteiger partial charge >= 0.3 is 5.97 Å². The molecule has 2 heterocycles. The number of carbonyl (C=O) groups excluding carboxylic acids is 3. The van der Waals surface area contributed by atoms with Gasteiger partial charge in [0.2, 0.25) is 5.91 Å². The van der Waals surface area contributed by atoms with Crippen LogP contribution >= 0.6 is 11.3 Å². The van der Waals surface area contributed by atoms with E-state index in [9.17, 15) is 14.4 Å². The Balaban J connectivity index is 1.69. The number of likely N-dealkylation sites (N-methyl/N-ethyl adjacent to an activating group) is 1. The minimum atomic E-state index is -0.523. The average molecular weight is 371 g/mol. The number of anilines is 1. The monoisotopic (exact) mass is 371 g/mol. The molecule has 0 spiro atoms. The average Bonchev–Trinajstić information content (AvgIpc) is 3.27. The lowest BCUT2D eigenvalue weighted by molar-refractivity contribution is -0.116. The highest BCUT2D eigenvalue weighted by Crippen LogP contribution is 2.24. The SMILES string of the molecule is COC(=O)c1ccsc1NC(=O)CN(C)C(=O)c1c[nH]c2ccccc12. The highest BCUT2D eigenvalue weighted by Gasteiger charge is 2.20. The maximum Gasteiger partial charge on any atom is 0.340 e. The van der Waals surface area contributed by atoms with E-state index in [0.717, 1.165) is 10.9 Å². The molecular weight excluding hydrogens is 354 g/mol. The summed E-state index contributed by atoms with van der Waals surface area (Å²) in [7, 11) is 2.83. The van der Waals surface area contributed by atoms with Crippen molar-refractivity contribution in [1.82, 2.24) is 9.88 Å². The predicted octanol–water partition coefficient (Wildman–Crippen LogP) is 2.73. The number of nitrogens with one attached hydrogen (secondary N) is 2. The molecule has 0 saturated heterocycles. The molecule has 0 aliphatic heterocycles. The van der Waals surface area contributed by atoms with Crippen molar-refractivity contribution in [3.05, 3.63) is 53.0 Å². The molecule has 0 aliphatic rings. The van der Waals surface area contributed by atoms with E-state index in [1.807, 2.05) is 24.3 Å². The summed E-state index contributed by atoms with van der Waals surface area (Å²) >= 11 is 1.22. The lowest BCUT2D eigenvalue weighted by Crippen LogP contribution is -2.34. The van der Waals surface area contributed by atoms with Crippen LogP contribution in [-0.2, 0) is 9.53 Å². The number of hydrogen-bond donors (Lipinski definition) is 2. The van der Waals surface area contributed by atoms with E-state index in [1.165, 1.54) is 23.3 Å². The number of nitrogens with zero attached hydrogens (tertiary/aromatic N) is 1. The standard InChI is InChI=1S/C18H17N3O4S/c1-21(17(23)13-9-19-14-6-4-3-5-11(13)14)10-15(22)20-16-12(7-8-26-16)18(24)25-2/h3-9,19H,10H2,1-2H3,(H,20,22). The summed E-state index contributed by atoms with van der Waals surface area (Å²) in [6.07, 6.45) is 1.63. The first-order valence-corrected chi connectivity index (χ1v) is 8.66. The fourth-order valence-corrected chi connectivity index (χ4v) is 3.38. The highest BCUT2D eigenvalue weighted by molar-refractivity contribution is 7.14. The van der Waals surface area contributed by atoms with E-state index in [1.54, 1.807) is 24.7 Å². The van der Waals surface area contributed by atoms with Crippen LogP contribution in [0.15, 0.2) is 41.9 Å². The van der Waals surface area contributed by atoms with E-state index in [0.29, 0.717) is 10.6 Å². The maximum atomic E-state index is 12.6. The second-order valence-electron chi connectivity index (χ2n) is 5.61. The molecule has 0 fully saturated rings. The number of H-pyrrole nitrogens is 1. The van der Waals surface area contributed by atoms with E-state index in [-0.39, 0.29) is 18.0 Å². The number of amides is 2. The number of carbonyl (C=O) groups is 3. The lowest BCUT2D eigenvalue weighted by Gasteiger charge is -2.16. The largest absolute Gasteiger partial charge is 0.465 e. The van der Waals surface area contributed by atoms with Gasteiger partial charge < -0.3 is 19.9 Å². The van der Waals surface area contributed by atoms with Gasteiger partial charge in [0.15, 0.2) is 0 Å². The van der Waals surface area contributed by atoms with Gasteiger partial charge in [-0.3, -0.25) is 9.59 Å². The number of fused-ring (bicyclic) bond motifs is 1. The van der Waals surface area contributed by atoms with Crippen LogP contribution in [0.2, 0.25) is 0 Å². The Hall–Kier alpha value is -3.13. The maximum absolute atomic E-state index is 12.6. The molecule has 26 heavy (non-hydrogen) atoms. The summed E-state index contributed by atoms with van der Waals surface area (Å²) in [6.45, 7) is -0.142. The molecule has 8 heteroatoms. The summed E-state index contributed by atoms with van der Waals surface area (Å²) in [5.41, 5.74) is 1.65. The number of esters is 1. The third-order valence-corrected chi connectivity index (χ3v) is 4.70. The molecule has 1 aromatic carbocycles. The van der Waals surface area contributed by atoms with Gasteiger partial charge in [-0.05, 0) is 17.5 Å². The zero-order valence-corrected chi connectivity index (χ0v) is 15.1. The van der Waals surface area contributed by atoms with Crippen molar-refractivity contribution in [2.75, 3.05) is 26.0 Å². The number of aromatic nitrogens is 1. The van der Waals surface area contributed by atoms with Crippen LogP contribution in [0.5, 0.6) is 0 Å². The van der Waals surface area contributed by atoms with Gasteiger partial charge in [-0.1, -0.05) is 18.2 Å². The number of ether oxygens (including phenoxy) is 1. The van der Waals surface area contributed by atoms with Crippen LogP contribution in [0.1, 0.15) is 20.7 Å². The van der Waals surface area contributed by atoms with Gasteiger partial charge in [-0.15, -0.1) is 11.3 Å². The molecule has 3 rings (SSSR count). The van der Waals surface area contributed by atoms with Crippen LogP contribution in [0, 0.1) is 0 Å². The number of hydrogen-bond acceptors (Lipinski definition) is 5. The van der Waals surface area contributed by atoms with Crippen molar-refractivity contribution in [3.63, 3.8) is 0 Å². The Morgan fingerprint density at radius 3 is 2.73 bits per heavy atom. The van der Waals surface area contributed by atoms with Gasteiger partial charge in [0.05, 0.1) is 24.8 Å². The molecule has 0 saturated carbocycles. The molecule has 3 aromatic rings. The second kappa shape index (κ2) is 7.40. The summed E-state index contributed by atoms with van der Waals surface area (Å²) < 4.78 is 4.67. The molecule has 2 aromatic heterocycles. The number of para-hydroxylation sites is 1. The molecule has 134 valence electrons. The van der Waals surface area contributed by atoms with Gasteiger partial charge in [0.25, 0.3) is 5.91 Å². The molecular formula is C18H17N3O4S. The Bertz CT molecular complexity index is 976. The third kappa shape index (κ3) is 3.45. The summed E-state index contributed by atoms with van der Waals surface area (Å²) in [5.74, 6) is -1.19. The first-order chi connectivity index (χ1) is 12.5. The molecule has 2 amide bonds. The smallest absolute Gasteiger partial charge is 0.340 e. The Morgan fingerprint density at radius 2 is 1.96 bits per heavy atom. The van der Waals surface area contributed by atoms with E-state index in [4.69, 9.17) is 0 Å². The van der Waals surface area contributed by atoms with Crippen molar-refractivity contribution in [3.8, 4) is 0 Å². The fraction of sp³-hybridized carbons (Fsp3) is 0.167. The normalized spacial score (nSPS) is 10.5. The van der Waals surface area contributed by atoms with Gasteiger partial charge in [-0.25, -0.2) is 4.79 Å². The number of methoxy groups -OCH3 is 1. The van der Waals surface area contributed by atoms with E-state index < -0.39 is 11.9 Å². The van der Waals surface area contributed by atoms with Gasteiger partial charge in [0, 0.05) is 24.1 Å². The molecule has 0 bridgehead atoms. The minimum Gasteiger partial charge on any atom is -0.465 e. The first kappa shape index (κ1) is 17.7. The van der Waals surface area contributed by atoms with Crippen LogP contribution in [0.4, 0.5) is 5.00 Å². The molecule has 2 N–H and O–H groups in total. The van der Waals surface area contributed by atoms with Crippen LogP contribution < -0.4 is 5.32 Å².